The van der Waals surface area contributed by atoms with Crippen molar-refractivity contribution >= 4 is 21.7 Å². The van der Waals surface area contributed by atoms with Gasteiger partial charge in [0, 0.05) is 0 Å². The number of hydrogen-bond acceptors (Lipinski definition) is 7. The SMILES string of the molecule is CCOC(=O)C(C#N)N=Nc1ccc(S(N)(=O)=O)cc1. The number of hydrogen-bond donors (Lipinski definition) is 1. The number of esters is 1. The molecule has 1 atom stereocenters. The van der Waals surface area contributed by atoms with Crippen molar-refractivity contribution in [3.05, 3.63) is 24.3 Å². The number of primary sulfonamides is 1. The molecule has 9 heteroatoms. The minimum absolute atomic E-state index is 0.0707. The third kappa shape index (κ3) is 4.42. The van der Waals surface area contributed by atoms with Crippen molar-refractivity contribution in [2.24, 2.45) is 15.4 Å². The summed E-state index contributed by atoms with van der Waals surface area (Å²) >= 11 is 0. The van der Waals surface area contributed by atoms with Crippen LogP contribution in [0.25, 0.3) is 0 Å². The Hall–Kier alpha value is -2.31. The van der Waals surface area contributed by atoms with Gasteiger partial charge >= 0.3 is 5.97 Å². The molecule has 1 unspecified atom stereocenters. The molecule has 0 aliphatic rings. The lowest BCUT2D eigenvalue weighted by molar-refractivity contribution is -0.143. The maximum atomic E-state index is 11.3. The highest BCUT2D eigenvalue weighted by atomic mass is 32.2. The van der Waals surface area contributed by atoms with Gasteiger partial charge in [-0.3, -0.25) is 0 Å². The molecule has 8 nitrogen and oxygen atoms in total. The summed E-state index contributed by atoms with van der Waals surface area (Å²) in [4.78, 5) is 11.2. The van der Waals surface area contributed by atoms with Crippen molar-refractivity contribution in [3.63, 3.8) is 0 Å². The van der Waals surface area contributed by atoms with E-state index >= 15 is 0 Å². The van der Waals surface area contributed by atoms with E-state index < -0.39 is 22.0 Å². The van der Waals surface area contributed by atoms with Gasteiger partial charge in [-0.25, -0.2) is 18.4 Å². The number of azo groups is 1. The molecule has 0 saturated carbocycles. The van der Waals surface area contributed by atoms with E-state index in [0.717, 1.165) is 0 Å². The molecule has 0 heterocycles. The fourth-order valence-corrected chi connectivity index (χ4v) is 1.69. The fraction of sp³-hybridized carbons (Fsp3) is 0.273. The standard InChI is InChI=1S/C11H12N4O4S/c1-2-19-11(16)10(7-12)15-14-8-3-5-9(6-4-8)20(13,17)18/h3-6,10H,2H2,1H3,(H2,13,17,18). The quantitative estimate of drug-likeness (QED) is 0.635. The minimum atomic E-state index is -3.78. The first-order chi connectivity index (χ1) is 9.38. The van der Waals surface area contributed by atoms with E-state index in [1.54, 1.807) is 13.0 Å². The second-order valence-electron chi connectivity index (χ2n) is 3.54. The highest BCUT2D eigenvalue weighted by Crippen LogP contribution is 2.16. The van der Waals surface area contributed by atoms with E-state index in [1.807, 2.05) is 0 Å². The summed E-state index contributed by atoms with van der Waals surface area (Å²) in [6.07, 6.45) is 0. The number of nitriles is 1. The molecule has 0 fully saturated rings. The Kier molecular flexibility index (Phi) is 5.31. The van der Waals surface area contributed by atoms with Crippen LogP contribution in [0.5, 0.6) is 0 Å². The van der Waals surface area contributed by atoms with Gasteiger partial charge in [-0.05, 0) is 31.2 Å². The molecule has 0 bridgehead atoms. The van der Waals surface area contributed by atoms with E-state index in [2.05, 4.69) is 15.0 Å². The molecule has 0 saturated heterocycles. The Morgan fingerprint density at radius 1 is 1.45 bits per heavy atom. The first kappa shape index (κ1) is 15.7. The van der Waals surface area contributed by atoms with Crippen LogP contribution in [-0.4, -0.2) is 27.0 Å². The number of nitrogens with zero attached hydrogens (tertiary/aromatic N) is 3. The van der Waals surface area contributed by atoms with Gasteiger partial charge in [-0.2, -0.15) is 15.5 Å². The number of sulfonamides is 1. The topological polar surface area (TPSA) is 135 Å². The van der Waals surface area contributed by atoms with Gasteiger partial charge in [-0.15, -0.1) is 0 Å². The molecule has 20 heavy (non-hydrogen) atoms. The Morgan fingerprint density at radius 2 is 2.05 bits per heavy atom. The average molecular weight is 296 g/mol. The number of benzene rings is 1. The van der Waals surface area contributed by atoms with E-state index in [4.69, 9.17) is 10.4 Å². The molecule has 0 radical (unpaired) electrons. The summed E-state index contributed by atoms with van der Waals surface area (Å²) in [5.74, 6) is -0.792. The number of ether oxygens (including phenoxy) is 1. The molecule has 1 rings (SSSR count). The molecule has 0 aliphatic heterocycles. The lowest BCUT2D eigenvalue weighted by atomic mass is 10.3. The van der Waals surface area contributed by atoms with Crippen LogP contribution >= 0.6 is 0 Å². The van der Waals surface area contributed by atoms with Crippen molar-refractivity contribution < 1.29 is 17.9 Å². The van der Waals surface area contributed by atoms with Crippen molar-refractivity contribution in [3.8, 4) is 6.07 Å². The molecule has 2 N–H and O–H groups in total. The highest BCUT2D eigenvalue weighted by molar-refractivity contribution is 7.89. The van der Waals surface area contributed by atoms with Crippen LogP contribution in [0.1, 0.15) is 6.92 Å². The Balaban J connectivity index is 2.85. The molecule has 106 valence electrons. The zero-order valence-corrected chi connectivity index (χ0v) is 11.4. The molecule has 1 aromatic carbocycles. The van der Waals surface area contributed by atoms with Gasteiger partial charge in [0.1, 0.15) is 6.07 Å². The van der Waals surface area contributed by atoms with Crippen molar-refractivity contribution in [1.29, 1.82) is 5.26 Å². The maximum absolute atomic E-state index is 11.3. The van der Waals surface area contributed by atoms with Crippen LogP contribution in [0.15, 0.2) is 39.4 Å². The van der Waals surface area contributed by atoms with Gasteiger partial charge in [0.15, 0.2) is 0 Å². The van der Waals surface area contributed by atoms with Gasteiger partial charge in [0.25, 0.3) is 6.04 Å². The van der Waals surface area contributed by atoms with E-state index in [1.165, 1.54) is 24.3 Å². The maximum Gasteiger partial charge on any atom is 0.347 e. The predicted octanol–water partition coefficient (Wildman–Crippen LogP) is 0.873. The zero-order valence-electron chi connectivity index (χ0n) is 10.6. The lowest BCUT2D eigenvalue weighted by Gasteiger charge is -2.02. The Morgan fingerprint density at radius 3 is 2.50 bits per heavy atom. The third-order valence-corrected chi connectivity index (χ3v) is 3.02. The molecular formula is C11H12N4O4S. The number of nitrogens with two attached hydrogens (primary N) is 1. The summed E-state index contributed by atoms with van der Waals surface area (Å²) in [6.45, 7) is 1.74. The first-order valence-electron chi connectivity index (χ1n) is 5.48. The van der Waals surface area contributed by atoms with E-state index in [0.29, 0.717) is 0 Å². The van der Waals surface area contributed by atoms with Gasteiger partial charge in [-0.1, -0.05) is 0 Å². The van der Waals surface area contributed by atoms with Crippen LogP contribution in [0.2, 0.25) is 0 Å². The summed E-state index contributed by atoms with van der Waals surface area (Å²) in [6, 6.07) is 5.48. The summed E-state index contributed by atoms with van der Waals surface area (Å²) < 4.78 is 26.7. The molecule has 0 amide bonds. The fourth-order valence-electron chi connectivity index (χ4n) is 1.17. The summed E-state index contributed by atoms with van der Waals surface area (Å²) in [5.41, 5.74) is 0.280. The van der Waals surface area contributed by atoms with Crippen LogP contribution in [-0.2, 0) is 19.6 Å². The lowest BCUT2D eigenvalue weighted by Crippen LogP contribution is -2.19. The van der Waals surface area contributed by atoms with Crippen LogP contribution in [0.4, 0.5) is 5.69 Å². The summed E-state index contributed by atoms with van der Waals surface area (Å²) in [7, 11) is -3.78. The Labute approximate surface area is 115 Å². The normalized spacial score (nSPS) is 12.8. The van der Waals surface area contributed by atoms with Crippen molar-refractivity contribution in [1.82, 2.24) is 0 Å². The van der Waals surface area contributed by atoms with Gasteiger partial charge in [0.2, 0.25) is 10.0 Å². The minimum Gasteiger partial charge on any atom is -0.464 e. The van der Waals surface area contributed by atoms with Crippen LogP contribution < -0.4 is 5.14 Å². The van der Waals surface area contributed by atoms with Gasteiger partial charge < -0.3 is 4.74 Å². The zero-order chi connectivity index (χ0) is 15.2. The second-order valence-corrected chi connectivity index (χ2v) is 5.10. The number of rotatable bonds is 5. The molecule has 1 aromatic rings. The molecular weight excluding hydrogens is 284 g/mol. The average Bonchev–Trinajstić information content (AvgIpc) is 2.39. The van der Waals surface area contributed by atoms with Gasteiger partial charge in [0.05, 0.1) is 17.2 Å². The van der Waals surface area contributed by atoms with Crippen LogP contribution in [0, 0.1) is 11.3 Å². The van der Waals surface area contributed by atoms with E-state index in [9.17, 15) is 13.2 Å². The van der Waals surface area contributed by atoms with E-state index in [-0.39, 0.29) is 17.2 Å². The molecule has 0 aromatic heterocycles. The highest BCUT2D eigenvalue weighted by Gasteiger charge is 2.18. The molecule has 0 aliphatic carbocycles. The summed E-state index contributed by atoms with van der Waals surface area (Å²) in [5, 5.41) is 20.9. The Bertz CT molecular complexity index is 646. The monoisotopic (exact) mass is 296 g/mol. The largest absolute Gasteiger partial charge is 0.464 e. The third-order valence-electron chi connectivity index (χ3n) is 2.09. The van der Waals surface area contributed by atoms with Crippen LogP contribution in [0.3, 0.4) is 0 Å². The number of carbonyl (C=O) groups excluding carboxylic acids is 1. The smallest absolute Gasteiger partial charge is 0.347 e. The second kappa shape index (κ2) is 6.74. The van der Waals surface area contributed by atoms with Crippen molar-refractivity contribution in [2.75, 3.05) is 6.61 Å². The predicted molar refractivity (Wildman–Crippen MR) is 68.4 cm³/mol. The number of carbonyl (C=O) groups is 1. The first-order valence-corrected chi connectivity index (χ1v) is 7.03. The van der Waals surface area contributed by atoms with Crippen molar-refractivity contribution in [2.45, 2.75) is 17.9 Å². The molecule has 0 spiro atoms.